The summed E-state index contributed by atoms with van der Waals surface area (Å²) in [5.74, 6) is 0. The third kappa shape index (κ3) is 4.62. The Balaban J connectivity index is 0.000000132. The average molecular weight is 183 g/mol. The summed E-state index contributed by atoms with van der Waals surface area (Å²) in [7, 11) is 0. The topological polar surface area (TPSA) is 78.8 Å². The van der Waals surface area contributed by atoms with E-state index in [0.29, 0.717) is 6.54 Å². The van der Waals surface area contributed by atoms with E-state index in [-0.39, 0.29) is 0 Å². The highest BCUT2D eigenvalue weighted by molar-refractivity contribution is 4.95. The summed E-state index contributed by atoms with van der Waals surface area (Å²) in [4.78, 5) is 0. The molecule has 1 aliphatic heterocycles. The number of hydrogen-bond donors (Lipinski definition) is 4. The fourth-order valence-corrected chi connectivity index (χ4v) is 1.00. The highest BCUT2D eigenvalue weighted by Crippen LogP contribution is 1.85. The molecule has 0 atom stereocenters. The zero-order chi connectivity index (χ0) is 9.36. The van der Waals surface area contributed by atoms with Crippen LogP contribution in [-0.2, 0) is 6.54 Å². The Morgan fingerprint density at radius 1 is 1.23 bits per heavy atom. The highest BCUT2D eigenvalue weighted by atomic mass is 15.1. The summed E-state index contributed by atoms with van der Waals surface area (Å²) in [5, 5.41) is 12.8. The Morgan fingerprint density at radius 2 is 1.85 bits per heavy atom. The minimum Gasteiger partial charge on any atom is -0.325 e. The first-order valence-corrected chi connectivity index (χ1v) is 4.53. The second kappa shape index (κ2) is 6.59. The molecule has 0 bridgehead atoms. The quantitative estimate of drug-likeness (QED) is 0.452. The van der Waals surface area contributed by atoms with Crippen LogP contribution in [0, 0.1) is 0 Å². The number of nitrogens with zero attached hydrogens (tertiary/aromatic N) is 1. The van der Waals surface area contributed by atoms with Gasteiger partial charge in [0, 0.05) is 44.6 Å². The van der Waals surface area contributed by atoms with Crippen LogP contribution in [0.5, 0.6) is 0 Å². The SMILES string of the molecule is C1CNCCN1.NCc1ccn[nH]1. The third-order valence-electron chi connectivity index (χ3n) is 1.74. The largest absolute Gasteiger partial charge is 0.325 e. The summed E-state index contributed by atoms with van der Waals surface area (Å²) < 4.78 is 0. The van der Waals surface area contributed by atoms with Crippen LogP contribution in [0.4, 0.5) is 0 Å². The molecule has 0 aromatic carbocycles. The molecule has 0 saturated carbocycles. The number of aromatic amines is 1. The molecule has 0 spiro atoms. The lowest BCUT2D eigenvalue weighted by Crippen LogP contribution is -2.39. The van der Waals surface area contributed by atoms with Crippen LogP contribution < -0.4 is 16.4 Å². The fraction of sp³-hybridized carbons (Fsp3) is 0.625. The molecule has 1 saturated heterocycles. The molecule has 0 radical (unpaired) electrons. The van der Waals surface area contributed by atoms with Gasteiger partial charge in [0.25, 0.3) is 0 Å². The predicted molar refractivity (Wildman–Crippen MR) is 52.2 cm³/mol. The van der Waals surface area contributed by atoms with Crippen LogP contribution in [0.3, 0.4) is 0 Å². The fourth-order valence-electron chi connectivity index (χ4n) is 1.00. The molecule has 1 aliphatic rings. The van der Waals surface area contributed by atoms with Gasteiger partial charge in [-0.05, 0) is 6.07 Å². The van der Waals surface area contributed by atoms with Crippen LogP contribution in [-0.4, -0.2) is 36.4 Å². The molecule has 2 heterocycles. The lowest BCUT2D eigenvalue weighted by Gasteiger charge is -2.11. The number of nitrogens with two attached hydrogens (primary N) is 1. The molecule has 0 unspecified atom stereocenters. The van der Waals surface area contributed by atoms with Gasteiger partial charge < -0.3 is 16.4 Å². The maximum absolute atomic E-state index is 5.22. The number of piperazine rings is 1. The van der Waals surface area contributed by atoms with E-state index in [1.54, 1.807) is 6.20 Å². The Labute approximate surface area is 78.1 Å². The molecule has 0 aliphatic carbocycles. The molecule has 13 heavy (non-hydrogen) atoms. The van der Waals surface area contributed by atoms with Crippen molar-refractivity contribution in [3.05, 3.63) is 18.0 Å². The van der Waals surface area contributed by atoms with Gasteiger partial charge in [-0.3, -0.25) is 5.10 Å². The van der Waals surface area contributed by atoms with Gasteiger partial charge in [0.1, 0.15) is 0 Å². The lowest BCUT2D eigenvalue weighted by molar-refractivity contribution is 0.534. The summed E-state index contributed by atoms with van der Waals surface area (Å²) in [6.07, 6.45) is 1.68. The van der Waals surface area contributed by atoms with E-state index in [9.17, 15) is 0 Å². The maximum Gasteiger partial charge on any atom is 0.0490 e. The van der Waals surface area contributed by atoms with E-state index < -0.39 is 0 Å². The van der Waals surface area contributed by atoms with Gasteiger partial charge in [0.15, 0.2) is 0 Å². The molecule has 1 aromatic rings. The first-order valence-electron chi connectivity index (χ1n) is 4.53. The van der Waals surface area contributed by atoms with Gasteiger partial charge in [-0.2, -0.15) is 5.10 Å². The van der Waals surface area contributed by atoms with E-state index >= 15 is 0 Å². The standard InChI is InChI=1S/C4H7N3.C4H10N2/c5-3-4-1-2-6-7-4;1-2-6-4-3-5-1/h1-2H,3,5H2,(H,6,7);5-6H,1-4H2. The van der Waals surface area contributed by atoms with Crippen molar-refractivity contribution < 1.29 is 0 Å². The second-order valence-electron chi connectivity index (χ2n) is 2.79. The number of rotatable bonds is 1. The Morgan fingerprint density at radius 3 is 2.08 bits per heavy atom. The zero-order valence-electron chi connectivity index (χ0n) is 7.71. The zero-order valence-corrected chi connectivity index (χ0v) is 7.71. The Kier molecular flexibility index (Phi) is 5.16. The molecule has 2 rings (SSSR count). The van der Waals surface area contributed by atoms with Crippen molar-refractivity contribution in [1.29, 1.82) is 0 Å². The first-order chi connectivity index (χ1) is 6.43. The monoisotopic (exact) mass is 183 g/mol. The molecule has 74 valence electrons. The van der Waals surface area contributed by atoms with E-state index in [1.807, 2.05) is 6.07 Å². The molecular formula is C8H17N5. The van der Waals surface area contributed by atoms with Crippen molar-refractivity contribution in [3.63, 3.8) is 0 Å². The number of nitrogens with one attached hydrogen (secondary N) is 3. The predicted octanol–water partition coefficient (Wildman–Crippen LogP) is -0.952. The van der Waals surface area contributed by atoms with E-state index in [4.69, 9.17) is 5.73 Å². The van der Waals surface area contributed by atoms with Gasteiger partial charge in [-0.1, -0.05) is 0 Å². The number of hydrogen-bond acceptors (Lipinski definition) is 4. The van der Waals surface area contributed by atoms with Crippen molar-refractivity contribution >= 4 is 0 Å². The molecule has 5 N–H and O–H groups in total. The first kappa shape index (κ1) is 10.2. The molecular weight excluding hydrogens is 166 g/mol. The van der Waals surface area contributed by atoms with Crippen molar-refractivity contribution in [3.8, 4) is 0 Å². The smallest absolute Gasteiger partial charge is 0.0490 e. The van der Waals surface area contributed by atoms with Crippen LogP contribution >= 0.6 is 0 Å². The average Bonchev–Trinajstić information content (AvgIpc) is 2.74. The second-order valence-corrected chi connectivity index (χ2v) is 2.79. The Bertz CT molecular complexity index is 181. The minimum absolute atomic E-state index is 0.542. The summed E-state index contributed by atoms with van der Waals surface area (Å²) in [6.45, 7) is 5.10. The normalized spacial score (nSPS) is 16.1. The molecule has 1 fully saturated rings. The van der Waals surface area contributed by atoms with E-state index in [1.165, 1.54) is 0 Å². The highest BCUT2D eigenvalue weighted by Gasteiger charge is 1.91. The lowest BCUT2D eigenvalue weighted by atomic mass is 10.4. The molecule has 5 heteroatoms. The summed E-state index contributed by atoms with van der Waals surface area (Å²) >= 11 is 0. The number of H-pyrrole nitrogens is 1. The van der Waals surface area contributed by atoms with Crippen molar-refractivity contribution in [1.82, 2.24) is 20.8 Å². The van der Waals surface area contributed by atoms with Gasteiger partial charge in [0.05, 0.1) is 0 Å². The Hall–Kier alpha value is -0.910. The van der Waals surface area contributed by atoms with Crippen molar-refractivity contribution in [2.75, 3.05) is 26.2 Å². The van der Waals surface area contributed by atoms with Crippen molar-refractivity contribution in [2.45, 2.75) is 6.54 Å². The van der Waals surface area contributed by atoms with Gasteiger partial charge in [-0.25, -0.2) is 0 Å². The van der Waals surface area contributed by atoms with Crippen molar-refractivity contribution in [2.24, 2.45) is 5.73 Å². The van der Waals surface area contributed by atoms with Crippen LogP contribution in [0.15, 0.2) is 12.3 Å². The van der Waals surface area contributed by atoms with Crippen LogP contribution in [0.25, 0.3) is 0 Å². The van der Waals surface area contributed by atoms with Gasteiger partial charge in [-0.15, -0.1) is 0 Å². The van der Waals surface area contributed by atoms with E-state index in [2.05, 4.69) is 20.8 Å². The third-order valence-corrected chi connectivity index (χ3v) is 1.74. The maximum atomic E-state index is 5.22. The molecule has 1 aromatic heterocycles. The van der Waals surface area contributed by atoms with Gasteiger partial charge >= 0.3 is 0 Å². The minimum atomic E-state index is 0.542. The summed E-state index contributed by atoms with van der Waals surface area (Å²) in [5.41, 5.74) is 6.20. The van der Waals surface area contributed by atoms with Gasteiger partial charge in [0.2, 0.25) is 0 Å². The van der Waals surface area contributed by atoms with Crippen LogP contribution in [0.2, 0.25) is 0 Å². The van der Waals surface area contributed by atoms with Crippen LogP contribution in [0.1, 0.15) is 5.69 Å². The van der Waals surface area contributed by atoms with E-state index in [0.717, 1.165) is 31.9 Å². The molecule has 0 amide bonds. The summed E-state index contributed by atoms with van der Waals surface area (Å²) in [6, 6.07) is 1.85. The number of aromatic nitrogens is 2. The molecule has 5 nitrogen and oxygen atoms in total.